The predicted molar refractivity (Wildman–Crippen MR) is 125 cm³/mol. The van der Waals surface area contributed by atoms with Crippen molar-refractivity contribution < 1.29 is 14.3 Å². The smallest absolute Gasteiger partial charge is 0.262 e. The van der Waals surface area contributed by atoms with Crippen LogP contribution in [-0.4, -0.2) is 30.4 Å². The zero-order valence-corrected chi connectivity index (χ0v) is 17.9. The van der Waals surface area contributed by atoms with E-state index in [1.807, 2.05) is 61.5 Å². The Morgan fingerprint density at radius 1 is 0.935 bits per heavy atom. The number of benzene rings is 3. The van der Waals surface area contributed by atoms with Crippen LogP contribution in [0.25, 0.3) is 0 Å². The summed E-state index contributed by atoms with van der Waals surface area (Å²) in [5, 5.41) is 6.75. The molecule has 158 valence electrons. The van der Waals surface area contributed by atoms with E-state index in [1.54, 1.807) is 30.5 Å². The van der Waals surface area contributed by atoms with Crippen LogP contribution in [-0.2, 0) is 9.59 Å². The number of rotatable bonds is 9. The number of hydrogen-bond acceptors (Lipinski definition) is 5. The summed E-state index contributed by atoms with van der Waals surface area (Å²) >= 11 is 1.45. The molecule has 0 spiro atoms. The van der Waals surface area contributed by atoms with Crippen molar-refractivity contribution in [3.05, 3.63) is 90.0 Å². The number of nitrogens with zero attached hydrogens (tertiary/aromatic N) is 1. The summed E-state index contributed by atoms with van der Waals surface area (Å²) in [5.74, 6) is 0.452. The molecule has 3 aromatic rings. The molecular weight excluding hydrogens is 410 g/mol. The van der Waals surface area contributed by atoms with Crippen molar-refractivity contribution in [2.75, 3.05) is 17.7 Å². The first-order valence-electron chi connectivity index (χ1n) is 9.67. The van der Waals surface area contributed by atoms with Gasteiger partial charge in [-0.3, -0.25) is 9.59 Å². The topological polar surface area (TPSA) is 79.8 Å². The average Bonchev–Trinajstić information content (AvgIpc) is 2.79. The maximum Gasteiger partial charge on any atom is 0.262 e. The number of hydrazone groups is 1. The van der Waals surface area contributed by atoms with E-state index in [0.717, 1.165) is 21.7 Å². The molecule has 7 heteroatoms. The van der Waals surface area contributed by atoms with Gasteiger partial charge in [0.2, 0.25) is 5.91 Å². The highest BCUT2D eigenvalue weighted by Crippen LogP contribution is 2.16. The first-order chi connectivity index (χ1) is 15.1. The molecule has 0 bridgehead atoms. The van der Waals surface area contributed by atoms with E-state index >= 15 is 0 Å². The number of anilines is 1. The van der Waals surface area contributed by atoms with E-state index < -0.39 is 0 Å². The Morgan fingerprint density at radius 2 is 1.65 bits per heavy atom. The summed E-state index contributed by atoms with van der Waals surface area (Å²) in [6.07, 6.45) is 1.55. The van der Waals surface area contributed by atoms with Gasteiger partial charge in [-0.05, 0) is 61.0 Å². The van der Waals surface area contributed by atoms with E-state index in [2.05, 4.69) is 15.8 Å². The molecule has 0 unspecified atom stereocenters. The fraction of sp³-hybridized carbons (Fsp3) is 0.125. The summed E-state index contributed by atoms with van der Waals surface area (Å²) in [4.78, 5) is 24.9. The monoisotopic (exact) mass is 433 g/mol. The number of nitrogens with one attached hydrogen (secondary N) is 2. The number of carbonyl (C=O) groups excluding carboxylic acids is 2. The molecule has 2 amide bonds. The largest absolute Gasteiger partial charge is 0.484 e. The standard InChI is InChI=1S/C24H23N3O3S/c1-18-7-11-20(12-8-18)26-23(28)16-30-21-13-9-19(10-14-21)15-25-27-24(29)17-31-22-5-3-2-4-6-22/h2-15H,16-17H2,1H3,(H,26,28)(H,27,29)/b25-15-. The van der Waals surface area contributed by atoms with Gasteiger partial charge in [0, 0.05) is 10.6 Å². The molecule has 31 heavy (non-hydrogen) atoms. The molecule has 0 saturated heterocycles. The first-order valence-corrected chi connectivity index (χ1v) is 10.7. The number of amides is 2. The van der Waals surface area contributed by atoms with E-state index in [9.17, 15) is 9.59 Å². The second kappa shape index (κ2) is 11.6. The normalized spacial score (nSPS) is 10.6. The van der Waals surface area contributed by atoms with Crippen LogP contribution in [0.2, 0.25) is 0 Å². The number of thioether (sulfide) groups is 1. The molecule has 0 aliphatic rings. The molecule has 2 N–H and O–H groups in total. The fourth-order valence-electron chi connectivity index (χ4n) is 2.51. The Kier molecular flexibility index (Phi) is 8.25. The SMILES string of the molecule is Cc1ccc(NC(=O)COc2ccc(/C=N\NC(=O)CSc3ccccc3)cc2)cc1. The molecular formula is C24H23N3O3S. The summed E-state index contributed by atoms with van der Waals surface area (Å²) in [6.45, 7) is 1.90. The van der Waals surface area contributed by atoms with Gasteiger partial charge in [-0.1, -0.05) is 35.9 Å². The molecule has 0 fully saturated rings. The molecule has 0 saturated carbocycles. The van der Waals surface area contributed by atoms with Crippen LogP contribution in [0.5, 0.6) is 5.75 Å². The first kappa shape index (κ1) is 22.1. The lowest BCUT2D eigenvalue weighted by molar-refractivity contribution is -0.119. The minimum atomic E-state index is -0.231. The lowest BCUT2D eigenvalue weighted by Crippen LogP contribution is -2.20. The highest BCUT2D eigenvalue weighted by Gasteiger charge is 2.04. The lowest BCUT2D eigenvalue weighted by atomic mass is 10.2. The van der Waals surface area contributed by atoms with E-state index in [1.165, 1.54) is 11.8 Å². The van der Waals surface area contributed by atoms with Gasteiger partial charge in [0.25, 0.3) is 5.91 Å². The van der Waals surface area contributed by atoms with Gasteiger partial charge in [0.1, 0.15) is 5.75 Å². The molecule has 0 radical (unpaired) electrons. The van der Waals surface area contributed by atoms with Gasteiger partial charge in [-0.25, -0.2) is 5.43 Å². The highest BCUT2D eigenvalue weighted by atomic mass is 32.2. The van der Waals surface area contributed by atoms with Crippen molar-refractivity contribution in [3.63, 3.8) is 0 Å². The van der Waals surface area contributed by atoms with Crippen LogP contribution in [0, 0.1) is 6.92 Å². The summed E-state index contributed by atoms with van der Waals surface area (Å²) in [7, 11) is 0. The quantitative estimate of drug-likeness (QED) is 0.300. The third-order valence-electron chi connectivity index (χ3n) is 4.10. The van der Waals surface area contributed by atoms with Gasteiger partial charge in [-0.2, -0.15) is 5.10 Å². The van der Waals surface area contributed by atoms with E-state index in [-0.39, 0.29) is 18.4 Å². The molecule has 0 atom stereocenters. The Hall–Kier alpha value is -3.58. The second-order valence-electron chi connectivity index (χ2n) is 6.67. The maximum atomic E-state index is 12.0. The number of aryl methyl sites for hydroxylation is 1. The van der Waals surface area contributed by atoms with Crippen LogP contribution in [0.15, 0.2) is 88.9 Å². The van der Waals surface area contributed by atoms with Crippen molar-refractivity contribution in [3.8, 4) is 5.75 Å². The molecule has 3 aromatic carbocycles. The van der Waals surface area contributed by atoms with Gasteiger partial charge in [0.05, 0.1) is 12.0 Å². The van der Waals surface area contributed by atoms with Crippen LogP contribution < -0.4 is 15.5 Å². The number of carbonyl (C=O) groups is 2. The zero-order valence-electron chi connectivity index (χ0n) is 17.1. The third-order valence-corrected chi connectivity index (χ3v) is 5.11. The van der Waals surface area contributed by atoms with Crippen molar-refractivity contribution in [2.45, 2.75) is 11.8 Å². The van der Waals surface area contributed by atoms with E-state index in [0.29, 0.717) is 11.5 Å². The van der Waals surface area contributed by atoms with Gasteiger partial charge < -0.3 is 10.1 Å². The molecule has 0 heterocycles. The molecule has 3 rings (SSSR count). The summed E-state index contributed by atoms with van der Waals surface area (Å²) in [6, 6.07) is 24.3. The predicted octanol–water partition coefficient (Wildman–Crippen LogP) is 4.25. The van der Waals surface area contributed by atoms with E-state index in [4.69, 9.17) is 4.74 Å². The number of ether oxygens (including phenoxy) is 1. The Bertz CT molecular complexity index is 1020. The maximum absolute atomic E-state index is 12.0. The number of hydrogen-bond donors (Lipinski definition) is 2. The molecule has 0 aliphatic heterocycles. The molecule has 0 aromatic heterocycles. The van der Waals surface area contributed by atoms with Crippen LogP contribution in [0.4, 0.5) is 5.69 Å². The Balaban J connectivity index is 1.38. The average molecular weight is 434 g/mol. The minimum Gasteiger partial charge on any atom is -0.484 e. The lowest BCUT2D eigenvalue weighted by Gasteiger charge is -2.08. The van der Waals surface area contributed by atoms with Crippen molar-refractivity contribution in [1.29, 1.82) is 0 Å². The summed E-state index contributed by atoms with van der Waals surface area (Å²) in [5.41, 5.74) is 5.17. The zero-order chi connectivity index (χ0) is 21.9. The van der Waals surface area contributed by atoms with Crippen LogP contribution in [0.3, 0.4) is 0 Å². The van der Waals surface area contributed by atoms with Gasteiger partial charge in [-0.15, -0.1) is 11.8 Å². The second-order valence-corrected chi connectivity index (χ2v) is 7.72. The van der Waals surface area contributed by atoms with Crippen LogP contribution >= 0.6 is 11.8 Å². The van der Waals surface area contributed by atoms with Gasteiger partial charge in [0.15, 0.2) is 6.61 Å². The molecule has 0 aliphatic carbocycles. The van der Waals surface area contributed by atoms with Gasteiger partial charge >= 0.3 is 0 Å². The van der Waals surface area contributed by atoms with Crippen LogP contribution in [0.1, 0.15) is 11.1 Å². The fourth-order valence-corrected chi connectivity index (χ4v) is 3.22. The third kappa shape index (κ3) is 7.98. The Labute approximate surface area is 185 Å². The van der Waals surface area contributed by atoms with Crippen molar-refractivity contribution in [1.82, 2.24) is 5.43 Å². The highest BCUT2D eigenvalue weighted by molar-refractivity contribution is 8.00. The van der Waals surface area contributed by atoms with Crippen molar-refractivity contribution in [2.24, 2.45) is 5.10 Å². The minimum absolute atomic E-state index is 0.0869. The Morgan fingerprint density at radius 3 is 2.35 bits per heavy atom. The van der Waals surface area contributed by atoms with Crippen molar-refractivity contribution >= 4 is 35.5 Å². The molecule has 6 nitrogen and oxygen atoms in total. The summed E-state index contributed by atoms with van der Waals surface area (Å²) < 4.78 is 5.51.